The molecule has 1 saturated heterocycles. The summed E-state index contributed by atoms with van der Waals surface area (Å²) in [6.07, 6.45) is 4.08. The van der Waals surface area contributed by atoms with Crippen molar-refractivity contribution in [1.29, 1.82) is 0 Å². The van der Waals surface area contributed by atoms with Crippen LogP contribution in [0.1, 0.15) is 41.5 Å². The van der Waals surface area contributed by atoms with Crippen LogP contribution in [-0.2, 0) is 6.54 Å². The van der Waals surface area contributed by atoms with Crippen molar-refractivity contribution in [1.82, 2.24) is 10.2 Å². The summed E-state index contributed by atoms with van der Waals surface area (Å²) in [6.45, 7) is 11.4. The Hall–Kier alpha value is -0.860. The van der Waals surface area contributed by atoms with E-state index in [1.807, 2.05) is 0 Å². The predicted molar refractivity (Wildman–Crippen MR) is 87.2 cm³/mol. The van der Waals surface area contributed by atoms with Crippen molar-refractivity contribution in [2.45, 2.75) is 46.6 Å². The molecular weight excluding hydrogens is 244 g/mol. The highest BCUT2D eigenvalue weighted by atomic mass is 15.1. The third-order valence-corrected chi connectivity index (χ3v) is 4.71. The van der Waals surface area contributed by atoms with Crippen LogP contribution in [-0.4, -0.2) is 31.6 Å². The van der Waals surface area contributed by atoms with Gasteiger partial charge in [0.15, 0.2) is 0 Å². The fraction of sp³-hybridized carbons (Fsp3) is 0.667. The molecule has 0 aromatic heterocycles. The van der Waals surface area contributed by atoms with E-state index in [1.54, 1.807) is 0 Å². The summed E-state index contributed by atoms with van der Waals surface area (Å²) in [6, 6.07) is 4.59. The minimum Gasteiger partial charge on any atom is -0.313 e. The highest BCUT2D eigenvalue weighted by Gasteiger charge is 2.15. The predicted octanol–water partition coefficient (Wildman–Crippen LogP) is 3.43. The zero-order valence-corrected chi connectivity index (χ0v) is 13.6. The van der Waals surface area contributed by atoms with Gasteiger partial charge in [-0.2, -0.15) is 0 Å². The molecule has 1 aliphatic heterocycles. The van der Waals surface area contributed by atoms with E-state index in [1.165, 1.54) is 54.6 Å². The molecule has 1 N–H and O–H groups in total. The molecule has 0 bridgehead atoms. The van der Waals surface area contributed by atoms with Gasteiger partial charge in [0.05, 0.1) is 0 Å². The second-order valence-electron chi connectivity index (χ2n) is 6.59. The summed E-state index contributed by atoms with van der Waals surface area (Å²) >= 11 is 0. The normalized spacial score (nSPS) is 17.6. The monoisotopic (exact) mass is 274 g/mol. The van der Waals surface area contributed by atoms with Crippen LogP contribution in [0.3, 0.4) is 0 Å². The Morgan fingerprint density at radius 1 is 1.10 bits per heavy atom. The third kappa shape index (κ3) is 4.32. The molecule has 2 heteroatoms. The fourth-order valence-corrected chi connectivity index (χ4v) is 3.36. The van der Waals surface area contributed by atoms with Crippen molar-refractivity contribution in [2.75, 3.05) is 26.7 Å². The molecule has 112 valence electrons. The Balaban J connectivity index is 1.74. The number of aryl methyl sites for hydroxylation is 3. The van der Waals surface area contributed by atoms with E-state index in [0.29, 0.717) is 0 Å². The van der Waals surface area contributed by atoms with Gasteiger partial charge in [-0.1, -0.05) is 17.7 Å². The van der Waals surface area contributed by atoms with Crippen LogP contribution in [0.4, 0.5) is 0 Å². The number of piperidine rings is 1. The first kappa shape index (κ1) is 15.5. The smallest absolute Gasteiger partial charge is 0.0210 e. The van der Waals surface area contributed by atoms with Gasteiger partial charge in [-0.05, 0) is 89.3 Å². The van der Waals surface area contributed by atoms with Gasteiger partial charge in [0.25, 0.3) is 0 Å². The summed E-state index contributed by atoms with van der Waals surface area (Å²) in [7, 11) is 2.23. The van der Waals surface area contributed by atoms with Crippen LogP contribution in [0.25, 0.3) is 0 Å². The first-order chi connectivity index (χ1) is 9.56. The fourth-order valence-electron chi connectivity index (χ4n) is 3.36. The second kappa shape index (κ2) is 7.24. The van der Waals surface area contributed by atoms with Crippen LogP contribution in [0.2, 0.25) is 0 Å². The molecule has 1 fully saturated rings. The van der Waals surface area contributed by atoms with E-state index in [2.05, 4.69) is 50.2 Å². The number of hydrogen-bond donors (Lipinski definition) is 1. The highest BCUT2D eigenvalue weighted by molar-refractivity contribution is 5.37. The molecule has 0 aliphatic carbocycles. The average molecular weight is 274 g/mol. The first-order valence-electron chi connectivity index (χ1n) is 8.02. The first-order valence-corrected chi connectivity index (χ1v) is 8.02. The largest absolute Gasteiger partial charge is 0.313 e. The molecule has 0 amide bonds. The van der Waals surface area contributed by atoms with Crippen molar-refractivity contribution in [3.63, 3.8) is 0 Å². The molecule has 2 nitrogen and oxygen atoms in total. The lowest BCUT2D eigenvalue weighted by molar-refractivity contribution is 0.211. The van der Waals surface area contributed by atoms with E-state index < -0.39 is 0 Å². The van der Waals surface area contributed by atoms with Crippen molar-refractivity contribution < 1.29 is 0 Å². The molecule has 20 heavy (non-hydrogen) atoms. The number of rotatable bonds is 5. The molecular formula is C18H30N2. The van der Waals surface area contributed by atoms with Crippen LogP contribution >= 0.6 is 0 Å². The van der Waals surface area contributed by atoms with Crippen molar-refractivity contribution in [3.8, 4) is 0 Å². The molecule has 0 atom stereocenters. The van der Waals surface area contributed by atoms with Gasteiger partial charge in [0.1, 0.15) is 0 Å². The lowest BCUT2D eigenvalue weighted by Gasteiger charge is -2.29. The van der Waals surface area contributed by atoms with Crippen LogP contribution in [0.5, 0.6) is 0 Å². The molecule has 1 aromatic rings. The van der Waals surface area contributed by atoms with Gasteiger partial charge in [-0.3, -0.25) is 0 Å². The van der Waals surface area contributed by atoms with Gasteiger partial charge >= 0.3 is 0 Å². The van der Waals surface area contributed by atoms with Gasteiger partial charge in [-0.25, -0.2) is 0 Å². The Kier molecular flexibility index (Phi) is 5.62. The van der Waals surface area contributed by atoms with Crippen molar-refractivity contribution in [2.24, 2.45) is 5.92 Å². The maximum Gasteiger partial charge on any atom is 0.0210 e. The lowest BCUT2D eigenvalue weighted by Crippen LogP contribution is -2.31. The maximum atomic E-state index is 3.65. The molecule has 0 radical (unpaired) electrons. The SMILES string of the molecule is Cc1cc(C)c(CNCCC2CCN(C)CC2)c(C)c1. The number of likely N-dealkylation sites (tertiary alicyclic amines) is 1. The molecule has 2 rings (SSSR count). The minimum absolute atomic E-state index is 0.930. The summed E-state index contributed by atoms with van der Waals surface area (Å²) in [5.41, 5.74) is 5.71. The van der Waals surface area contributed by atoms with E-state index in [9.17, 15) is 0 Å². The van der Waals surface area contributed by atoms with Gasteiger partial charge < -0.3 is 10.2 Å². The van der Waals surface area contributed by atoms with Crippen molar-refractivity contribution in [3.05, 3.63) is 34.4 Å². The Labute approximate surface area is 124 Å². The van der Waals surface area contributed by atoms with Crippen LogP contribution in [0.15, 0.2) is 12.1 Å². The average Bonchev–Trinajstić information content (AvgIpc) is 2.39. The van der Waals surface area contributed by atoms with Gasteiger partial charge in [0, 0.05) is 6.54 Å². The number of benzene rings is 1. The molecule has 1 aromatic carbocycles. The Bertz CT molecular complexity index is 408. The van der Waals surface area contributed by atoms with Gasteiger partial charge in [-0.15, -0.1) is 0 Å². The standard InChI is InChI=1S/C18H30N2/c1-14-11-15(2)18(16(3)12-14)13-19-8-5-17-6-9-20(4)10-7-17/h11-12,17,19H,5-10,13H2,1-4H3. The maximum absolute atomic E-state index is 3.65. The zero-order chi connectivity index (χ0) is 14.5. The summed E-state index contributed by atoms with van der Waals surface area (Å²) in [5.74, 6) is 0.930. The van der Waals surface area contributed by atoms with E-state index >= 15 is 0 Å². The summed E-state index contributed by atoms with van der Waals surface area (Å²) < 4.78 is 0. The summed E-state index contributed by atoms with van der Waals surface area (Å²) in [4.78, 5) is 2.45. The van der Waals surface area contributed by atoms with E-state index in [0.717, 1.165) is 19.0 Å². The second-order valence-corrected chi connectivity index (χ2v) is 6.59. The van der Waals surface area contributed by atoms with E-state index in [-0.39, 0.29) is 0 Å². The third-order valence-electron chi connectivity index (χ3n) is 4.71. The zero-order valence-electron chi connectivity index (χ0n) is 13.6. The van der Waals surface area contributed by atoms with Crippen LogP contribution in [0, 0.1) is 26.7 Å². The Morgan fingerprint density at radius 2 is 1.70 bits per heavy atom. The number of nitrogens with one attached hydrogen (secondary N) is 1. The summed E-state index contributed by atoms with van der Waals surface area (Å²) in [5, 5.41) is 3.65. The number of hydrogen-bond acceptors (Lipinski definition) is 2. The van der Waals surface area contributed by atoms with Crippen LogP contribution < -0.4 is 5.32 Å². The van der Waals surface area contributed by atoms with E-state index in [4.69, 9.17) is 0 Å². The lowest BCUT2D eigenvalue weighted by atomic mass is 9.94. The molecule has 0 spiro atoms. The van der Waals surface area contributed by atoms with Crippen molar-refractivity contribution >= 4 is 0 Å². The number of nitrogens with zero attached hydrogens (tertiary/aromatic N) is 1. The molecule has 0 unspecified atom stereocenters. The Morgan fingerprint density at radius 3 is 2.30 bits per heavy atom. The topological polar surface area (TPSA) is 15.3 Å². The van der Waals surface area contributed by atoms with Gasteiger partial charge in [0.2, 0.25) is 0 Å². The minimum atomic E-state index is 0.930. The highest BCUT2D eigenvalue weighted by Crippen LogP contribution is 2.19. The quantitative estimate of drug-likeness (QED) is 0.828. The molecule has 0 saturated carbocycles. The molecule has 1 heterocycles. The molecule has 1 aliphatic rings.